The Bertz CT molecular complexity index is 323. The molecule has 0 saturated carbocycles. The minimum atomic E-state index is 0.324. The van der Waals surface area contributed by atoms with E-state index >= 15 is 0 Å². The van der Waals surface area contributed by atoms with E-state index in [0.29, 0.717) is 25.4 Å². The number of nitriles is 1. The van der Waals surface area contributed by atoms with Crippen LogP contribution in [0.25, 0.3) is 0 Å². The van der Waals surface area contributed by atoms with Crippen LogP contribution in [0.1, 0.15) is 38.5 Å². The predicted molar refractivity (Wildman–Crippen MR) is 62.8 cm³/mol. The van der Waals surface area contributed by atoms with Gasteiger partial charge in [0.15, 0.2) is 0 Å². The Kier molecular flexibility index (Phi) is 11.1. The molecule has 0 aromatic carbocycles. The Labute approximate surface area is 101 Å². The summed E-state index contributed by atoms with van der Waals surface area (Å²) in [5.41, 5.74) is 0. The highest BCUT2D eigenvalue weighted by Gasteiger charge is 2.07. The van der Waals surface area contributed by atoms with E-state index in [0.717, 1.165) is 32.1 Å². The number of aliphatic imine (C=N–C) groups is 2. The molecule has 0 aliphatic carbocycles. The summed E-state index contributed by atoms with van der Waals surface area (Å²) in [4.78, 5) is 27.0. The lowest BCUT2D eigenvalue weighted by Crippen LogP contribution is -2.05. The van der Waals surface area contributed by atoms with Gasteiger partial charge >= 0.3 is 0 Å². The lowest BCUT2D eigenvalue weighted by molar-refractivity contribution is 0.429. The van der Waals surface area contributed by atoms with Crippen LogP contribution in [0.5, 0.6) is 0 Å². The largest absolute Gasteiger partial charge is 0.234 e. The molecule has 0 radical (unpaired) electrons. The molecular weight excluding hydrogens is 218 g/mol. The number of hydrogen-bond acceptors (Lipinski definition) is 5. The molecule has 0 rings (SSSR count). The first kappa shape index (κ1) is 15.2. The second-order valence-electron chi connectivity index (χ2n) is 3.82. The van der Waals surface area contributed by atoms with Gasteiger partial charge in [0.05, 0.1) is 19.2 Å². The van der Waals surface area contributed by atoms with Crippen LogP contribution in [-0.2, 0) is 9.59 Å². The molecule has 0 saturated heterocycles. The van der Waals surface area contributed by atoms with Crippen molar-refractivity contribution in [3.05, 3.63) is 0 Å². The van der Waals surface area contributed by atoms with Crippen molar-refractivity contribution in [2.75, 3.05) is 13.1 Å². The topological polar surface area (TPSA) is 82.7 Å². The second kappa shape index (κ2) is 12.3. The van der Waals surface area contributed by atoms with E-state index in [1.807, 2.05) is 0 Å². The summed E-state index contributed by atoms with van der Waals surface area (Å²) in [5, 5.41) is 8.44. The van der Waals surface area contributed by atoms with Gasteiger partial charge < -0.3 is 0 Å². The van der Waals surface area contributed by atoms with Crippen molar-refractivity contribution >= 4 is 12.2 Å². The molecule has 0 heterocycles. The van der Waals surface area contributed by atoms with Gasteiger partial charge in [0, 0.05) is 6.42 Å². The van der Waals surface area contributed by atoms with E-state index in [-0.39, 0.29) is 0 Å². The van der Waals surface area contributed by atoms with Crippen LogP contribution in [0.2, 0.25) is 0 Å². The molecule has 0 bridgehead atoms. The summed E-state index contributed by atoms with van der Waals surface area (Å²) in [5.74, 6) is 0.324. The van der Waals surface area contributed by atoms with E-state index in [1.165, 1.54) is 12.2 Å². The molecule has 17 heavy (non-hydrogen) atoms. The van der Waals surface area contributed by atoms with Gasteiger partial charge in [-0.1, -0.05) is 6.42 Å². The molecule has 1 unspecified atom stereocenters. The number of rotatable bonds is 10. The smallest absolute Gasteiger partial charge is 0.211 e. The second-order valence-corrected chi connectivity index (χ2v) is 3.82. The number of isocyanates is 2. The summed E-state index contributed by atoms with van der Waals surface area (Å²) in [6.45, 7) is 0.983. The molecule has 0 aliphatic rings. The molecule has 1 atom stereocenters. The Hall–Kier alpha value is -1.75. The molecular formula is C12H17N3O2. The Morgan fingerprint density at radius 1 is 1.00 bits per heavy atom. The predicted octanol–water partition coefficient (Wildman–Crippen LogP) is 2.14. The van der Waals surface area contributed by atoms with Gasteiger partial charge in [-0.3, -0.25) is 0 Å². The Morgan fingerprint density at radius 2 is 1.71 bits per heavy atom. The van der Waals surface area contributed by atoms with Crippen molar-refractivity contribution in [3.63, 3.8) is 0 Å². The highest BCUT2D eigenvalue weighted by atomic mass is 16.1. The van der Waals surface area contributed by atoms with Crippen LogP contribution in [0, 0.1) is 17.2 Å². The maximum Gasteiger partial charge on any atom is 0.234 e. The SMILES string of the molecule is N#CCCCC(CCCCN=C=O)CN=C=O. The van der Waals surface area contributed by atoms with E-state index in [2.05, 4.69) is 16.1 Å². The van der Waals surface area contributed by atoms with Crippen molar-refractivity contribution in [1.82, 2.24) is 0 Å². The first-order valence-electron chi connectivity index (χ1n) is 5.79. The summed E-state index contributed by atoms with van der Waals surface area (Å²) < 4.78 is 0. The lowest BCUT2D eigenvalue weighted by Gasteiger charge is -2.12. The van der Waals surface area contributed by atoms with E-state index in [4.69, 9.17) is 5.26 Å². The maximum atomic E-state index is 10.1. The lowest BCUT2D eigenvalue weighted by atomic mass is 9.96. The fraction of sp³-hybridized carbons (Fsp3) is 0.750. The molecule has 0 aromatic rings. The fourth-order valence-electron chi connectivity index (χ4n) is 1.63. The number of carbonyl (C=O) groups excluding carboxylic acids is 2. The first-order valence-corrected chi connectivity index (χ1v) is 5.79. The highest BCUT2D eigenvalue weighted by molar-refractivity contribution is 5.33. The first-order chi connectivity index (χ1) is 8.35. The van der Waals surface area contributed by atoms with E-state index in [9.17, 15) is 9.59 Å². The number of hydrogen-bond donors (Lipinski definition) is 0. The molecule has 0 spiro atoms. The van der Waals surface area contributed by atoms with Crippen LogP contribution in [0.3, 0.4) is 0 Å². The van der Waals surface area contributed by atoms with Crippen molar-refractivity contribution in [1.29, 1.82) is 5.26 Å². The number of nitrogens with zero attached hydrogens (tertiary/aromatic N) is 3. The van der Waals surface area contributed by atoms with Gasteiger partial charge in [-0.05, 0) is 31.6 Å². The molecule has 0 fully saturated rings. The average Bonchev–Trinajstić information content (AvgIpc) is 2.35. The van der Waals surface area contributed by atoms with Crippen molar-refractivity contribution in [3.8, 4) is 6.07 Å². The summed E-state index contributed by atoms with van der Waals surface area (Å²) in [6.07, 6.45) is 8.03. The van der Waals surface area contributed by atoms with Gasteiger partial charge in [0.25, 0.3) is 0 Å². The average molecular weight is 235 g/mol. The quantitative estimate of drug-likeness (QED) is 0.330. The summed E-state index contributed by atoms with van der Waals surface area (Å²) in [7, 11) is 0. The molecule has 92 valence electrons. The van der Waals surface area contributed by atoms with Crippen LogP contribution in [-0.4, -0.2) is 25.2 Å². The normalized spacial score (nSPS) is 10.8. The Balaban J connectivity index is 3.79. The van der Waals surface area contributed by atoms with Crippen LogP contribution >= 0.6 is 0 Å². The molecule has 0 amide bonds. The van der Waals surface area contributed by atoms with Crippen LogP contribution in [0.15, 0.2) is 9.98 Å². The van der Waals surface area contributed by atoms with E-state index in [1.54, 1.807) is 0 Å². The highest BCUT2D eigenvalue weighted by Crippen LogP contribution is 2.16. The number of unbranched alkanes of at least 4 members (excludes halogenated alkanes) is 2. The standard InChI is InChI=1S/C12H17N3O2/c13-7-3-1-5-12(9-15-11-17)6-2-4-8-14-10-16/h12H,1-6,8-9H2. The van der Waals surface area contributed by atoms with Crippen molar-refractivity contribution in [2.24, 2.45) is 15.9 Å². The Morgan fingerprint density at radius 3 is 2.35 bits per heavy atom. The van der Waals surface area contributed by atoms with Gasteiger partial charge in [0.2, 0.25) is 12.2 Å². The van der Waals surface area contributed by atoms with Gasteiger partial charge in [-0.25, -0.2) is 19.6 Å². The van der Waals surface area contributed by atoms with Crippen LogP contribution in [0.4, 0.5) is 0 Å². The zero-order valence-corrected chi connectivity index (χ0v) is 9.89. The molecule has 0 aromatic heterocycles. The maximum absolute atomic E-state index is 10.1. The van der Waals surface area contributed by atoms with Crippen molar-refractivity contribution in [2.45, 2.75) is 38.5 Å². The zero-order valence-electron chi connectivity index (χ0n) is 9.89. The third-order valence-corrected chi connectivity index (χ3v) is 2.51. The zero-order chi connectivity index (χ0) is 12.8. The minimum Gasteiger partial charge on any atom is -0.211 e. The molecule has 0 aliphatic heterocycles. The third-order valence-electron chi connectivity index (χ3n) is 2.51. The van der Waals surface area contributed by atoms with Crippen LogP contribution < -0.4 is 0 Å². The third kappa shape index (κ3) is 10.5. The summed E-state index contributed by atoms with van der Waals surface area (Å²) in [6, 6.07) is 2.10. The van der Waals surface area contributed by atoms with Crippen molar-refractivity contribution < 1.29 is 9.59 Å². The summed E-state index contributed by atoms with van der Waals surface area (Å²) >= 11 is 0. The minimum absolute atomic E-state index is 0.324. The monoisotopic (exact) mass is 235 g/mol. The fourth-order valence-corrected chi connectivity index (χ4v) is 1.63. The van der Waals surface area contributed by atoms with Gasteiger partial charge in [-0.2, -0.15) is 5.26 Å². The molecule has 5 nitrogen and oxygen atoms in total. The van der Waals surface area contributed by atoms with Gasteiger partial charge in [-0.15, -0.1) is 0 Å². The molecule has 0 N–H and O–H groups in total. The van der Waals surface area contributed by atoms with Gasteiger partial charge in [0.1, 0.15) is 0 Å². The van der Waals surface area contributed by atoms with E-state index < -0.39 is 0 Å². The molecule has 5 heteroatoms.